The standard InChI is InChI=1S/C15H11N3OS3/c1-18-14(19)9-6-7-20-13(9)17-15(18)21-8-12-16-10-4-2-3-5-11(10)22-12/h2-7H,8H2,1H3. The molecule has 0 aliphatic rings. The molecule has 0 bridgehead atoms. The van der Waals surface area contributed by atoms with Crippen molar-refractivity contribution in [2.24, 2.45) is 7.05 Å². The van der Waals surface area contributed by atoms with Gasteiger partial charge in [0.25, 0.3) is 5.56 Å². The first-order valence-electron chi connectivity index (χ1n) is 6.64. The van der Waals surface area contributed by atoms with Crippen molar-refractivity contribution in [2.45, 2.75) is 10.9 Å². The minimum atomic E-state index is 0.0121. The fraction of sp³-hybridized carbons (Fsp3) is 0.133. The second-order valence-electron chi connectivity index (χ2n) is 4.76. The van der Waals surface area contributed by atoms with Gasteiger partial charge in [0.05, 0.1) is 21.4 Å². The number of thioether (sulfide) groups is 1. The zero-order valence-corrected chi connectivity index (χ0v) is 14.1. The van der Waals surface area contributed by atoms with Gasteiger partial charge in [0, 0.05) is 7.05 Å². The van der Waals surface area contributed by atoms with Gasteiger partial charge < -0.3 is 0 Å². The number of fused-ring (bicyclic) bond motifs is 2. The van der Waals surface area contributed by atoms with Gasteiger partial charge in [-0.2, -0.15) is 0 Å². The van der Waals surface area contributed by atoms with E-state index in [1.165, 1.54) is 16.0 Å². The molecule has 0 aliphatic heterocycles. The topological polar surface area (TPSA) is 47.8 Å². The quantitative estimate of drug-likeness (QED) is 0.417. The zero-order chi connectivity index (χ0) is 15.1. The van der Waals surface area contributed by atoms with E-state index in [2.05, 4.69) is 16.0 Å². The van der Waals surface area contributed by atoms with Crippen LogP contribution in [0.1, 0.15) is 5.01 Å². The third kappa shape index (κ3) is 2.35. The van der Waals surface area contributed by atoms with Gasteiger partial charge in [0.1, 0.15) is 9.84 Å². The van der Waals surface area contributed by atoms with Crippen LogP contribution in [0.15, 0.2) is 45.7 Å². The fourth-order valence-electron chi connectivity index (χ4n) is 2.22. The summed E-state index contributed by atoms with van der Waals surface area (Å²) in [6.07, 6.45) is 0. The van der Waals surface area contributed by atoms with Crippen molar-refractivity contribution in [1.82, 2.24) is 14.5 Å². The van der Waals surface area contributed by atoms with E-state index in [1.54, 1.807) is 34.7 Å². The maximum absolute atomic E-state index is 12.3. The normalized spacial score (nSPS) is 11.5. The van der Waals surface area contributed by atoms with Crippen molar-refractivity contribution in [2.75, 3.05) is 0 Å². The van der Waals surface area contributed by atoms with Crippen LogP contribution < -0.4 is 5.56 Å². The first-order valence-corrected chi connectivity index (χ1v) is 9.32. The van der Waals surface area contributed by atoms with Gasteiger partial charge >= 0.3 is 0 Å². The highest BCUT2D eigenvalue weighted by molar-refractivity contribution is 7.98. The van der Waals surface area contributed by atoms with Gasteiger partial charge in [-0.15, -0.1) is 22.7 Å². The number of hydrogen-bond donors (Lipinski definition) is 0. The highest BCUT2D eigenvalue weighted by Gasteiger charge is 2.11. The fourth-order valence-corrected chi connectivity index (χ4v) is 4.95. The molecule has 0 amide bonds. The molecular weight excluding hydrogens is 334 g/mol. The molecule has 0 N–H and O–H groups in total. The van der Waals surface area contributed by atoms with Crippen molar-refractivity contribution in [1.29, 1.82) is 0 Å². The number of aromatic nitrogens is 3. The smallest absolute Gasteiger partial charge is 0.262 e. The SMILES string of the molecule is Cn1c(SCc2nc3ccccc3s2)nc2sccc2c1=O. The molecule has 0 atom stereocenters. The van der Waals surface area contributed by atoms with E-state index in [0.717, 1.165) is 26.3 Å². The lowest BCUT2D eigenvalue weighted by atomic mass is 10.3. The maximum atomic E-state index is 12.3. The third-order valence-electron chi connectivity index (χ3n) is 3.33. The molecule has 7 heteroatoms. The Morgan fingerprint density at radius 3 is 2.95 bits per heavy atom. The average molecular weight is 345 g/mol. The number of rotatable bonds is 3. The number of thiophene rings is 1. The van der Waals surface area contributed by atoms with Gasteiger partial charge in [-0.1, -0.05) is 23.9 Å². The van der Waals surface area contributed by atoms with Crippen LogP contribution >= 0.6 is 34.4 Å². The van der Waals surface area contributed by atoms with Crippen LogP contribution in [-0.4, -0.2) is 14.5 Å². The number of nitrogens with zero attached hydrogens (tertiary/aromatic N) is 3. The highest BCUT2D eigenvalue weighted by Crippen LogP contribution is 2.28. The molecule has 22 heavy (non-hydrogen) atoms. The largest absolute Gasteiger partial charge is 0.290 e. The molecule has 0 aliphatic carbocycles. The predicted octanol–water partition coefficient (Wildman–Crippen LogP) is 3.90. The summed E-state index contributed by atoms with van der Waals surface area (Å²) in [5.41, 5.74) is 1.04. The lowest BCUT2D eigenvalue weighted by Crippen LogP contribution is -2.19. The molecule has 0 saturated carbocycles. The van der Waals surface area contributed by atoms with Gasteiger partial charge in [-0.25, -0.2) is 9.97 Å². The summed E-state index contributed by atoms with van der Waals surface area (Å²) in [6, 6.07) is 9.94. The van der Waals surface area contributed by atoms with E-state index in [-0.39, 0.29) is 5.56 Å². The van der Waals surface area contributed by atoms with Crippen molar-refractivity contribution < 1.29 is 0 Å². The molecule has 110 valence electrons. The summed E-state index contributed by atoms with van der Waals surface area (Å²) in [6.45, 7) is 0. The number of hydrogen-bond acceptors (Lipinski definition) is 6. The van der Waals surface area contributed by atoms with Crippen molar-refractivity contribution in [3.8, 4) is 0 Å². The first kappa shape index (κ1) is 13.9. The Bertz CT molecular complexity index is 998. The molecule has 0 saturated heterocycles. The van der Waals surface area contributed by atoms with Crippen LogP contribution in [0.5, 0.6) is 0 Å². The Morgan fingerprint density at radius 1 is 1.23 bits per heavy atom. The van der Waals surface area contributed by atoms with Crippen LogP contribution in [0.25, 0.3) is 20.4 Å². The van der Waals surface area contributed by atoms with Crippen LogP contribution in [0.4, 0.5) is 0 Å². The number of benzene rings is 1. The van der Waals surface area contributed by atoms with Crippen LogP contribution in [0.3, 0.4) is 0 Å². The Balaban J connectivity index is 1.66. The van der Waals surface area contributed by atoms with E-state index < -0.39 is 0 Å². The van der Waals surface area contributed by atoms with Gasteiger partial charge in [0.2, 0.25) is 0 Å². The molecule has 0 spiro atoms. The lowest BCUT2D eigenvalue weighted by molar-refractivity contribution is 0.728. The van der Waals surface area contributed by atoms with Crippen LogP contribution in [0, 0.1) is 0 Å². The van der Waals surface area contributed by atoms with Crippen molar-refractivity contribution in [3.63, 3.8) is 0 Å². The predicted molar refractivity (Wildman–Crippen MR) is 94.0 cm³/mol. The Kier molecular flexibility index (Phi) is 3.48. The minimum absolute atomic E-state index is 0.0121. The summed E-state index contributed by atoms with van der Waals surface area (Å²) < 4.78 is 2.81. The Labute approximate surface area is 138 Å². The van der Waals surface area contributed by atoms with Gasteiger partial charge in [-0.3, -0.25) is 9.36 Å². The molecule has 4 aromatic rings. The maximum Gasteiger partial charge on any atom is 0.262 e. The van der Waals surface area contributed by atoms with Crippen LogP contribution in [-0.2, 0) is 12.8 Å². The summed E-state index contributed by atoms with van der Waals surface area (Å²) in [5.74, 6) is 0.719. The minimum Gasteiger partial charge on any atom is -0.290 e. The molecular formula is C15H11N3OS3. The molecule has 3 aromatic heterocycles. The second kappa shape index (κ2) is 5.49. The Hall–Kier alpha value is -1.70. The lowest BCUT2D eigenvalue weighted by Gasteiger charge is -2.05. The highest BCUT2D eigenvalue weighted by atomic mass is 32.2. The molecule has 1 aromatic carbocycles. The van der Waals surface area contributed by atoms with E-state index in [4.69, 9.17) is 0 Å². The molecule has 0 fully saturated rings. The summed E-state index contributed by atoms with van der Waals surface area (Å²) in [7, 11) is 1.77. The molecule has 3 heterocycles. The third-order valence-corrected chi connectivity index (χ3v) is 6.39. The molecule has 0 unspecified atom stereocenters. The summed E-state index contributed by atoms with van der Waals surface area (Å²) >= 11 is 4.74. The van der Waals surface area contributed by atoms with Crippen molar-refractivity contribution >= 4 is 54.9 Å². The van der Waals surface area contributed by atoms with E-state index in [1.807, 2.05) is 29.6 Å². The van der Waals surface area contributed by atoms with Crippen molar-refractivity contribution in [3.05, 3.63) is 51.1 Å². The summed E-state index contributed by atoms with van der Waals surface area (Å²) in [4.78, 5) is 22.3. The van der Waals surface area contributed by atoms with Gasteiger partial charge in [-0.05, 0) is 23.6 Å². The molecule has 0 radical (unpaired) electrons. The van der Waals surface area contributed by atoms with E-state index in [0.29, 0.717) is 5.39 Å². The first-order chi connectivity index (χ1) is 10.7. The zero-order valence-electron chi connectivity index (χ0n) is 11.6. The number of thiazole rings is 1. The van der Waals surface area contributed by atoms with E-state index >= 15 is 0 Å². The molecule has 4 nitrogen and oxygen atoms in total. The Morgan fingerprint density at radius 2 is 2.09 bits per heavy atom. The monoisotopic (exact) mass is 345 g/mol. The average Bonchev–Trinajstić information content (AvgIpc) is 3.15. The number of para-hydroxylation sites is 1. The summed E-state index contributed by atoms with van der Waals surface area (Å²) in [5, 5.41) is 4.38. The molecule has 4 rings (SSSR count). The van der Waals surface area contributed by atoms with Gasteiger partial charge in [0.15, 0.2) is 5.16 Å². The van der Waals surface area contributed by atoms with Crippen LogP contribution in [0.2, 0.25) is 0 Å². The van der Waals surface area contributed by atoms with E-state index in [9.17, 15) is 4.79 Å². The second-order valence-corrected chi connectivity index (χ2v) is 7.71.